The topological polar surface area (TPSA) is 0 Å². The number of hydrogen-bond acceptors (Lipinski definition) is 0. The number of fused-ring (bicyclic) bond motifs is 1. The molecule has 50 valence electrons. The summed E-state index contributed by atoms with van der Waals surface area (Å²) >= 11 is 3.07. The molecular weight excluding hydrogens is 183 g/mol. The van der Waals surface area contributed by atoms with Gasteiger partial charge in [0.15, 0.2) is 4.58 Å². The molecule has 0 aromatic heterocycles. The summed E-state index contributed by atoms with van der Waals surface area (Å²) in [4.78, 5) is 0. The van der Waals surface area contributed by atoms with Crippen LogP contribution in [0.1, 0.15) is 12.8 Å². The normalized spacial score (nSPS) is 54.9. The van der Waals surface area contributed by atoms with Crippen molar-refractivity contribution in [1.82, 2.24) is 0 Å². The molecule has 0 heterocycles. The lowest BCUT2D eigenvalue weighted by Crippen LogP contribution is -1.88. The van der Waals surface area contributed by atoms with Gasteiger partial charge >= 0.3 is 0 Å². The van der Waals surface area contributed by atoms with Gasteiger partial charge in [-0.05, 0) is 28.8 Å². The van der Waals surface area contributed by atoms with Gasteiger partial charge in [0, 0.05) is 11.8 Å². The molecule has 0 N–H and O–H groups in total. The Morgan fingerprint density at radius 1 is 1.33 bits per heavy atom. The fraction of sp³-hybridized carbons (Fsp3) is 0.714. The summed E-state index contributed by atoms with van der Waals surface area (Å²) in [5.41, 5.74) is 0. The van der Waals surface area contributed by atoms with Gasteiger partial charge in [-0.2, -0.15) is 0 Å². The number of hydrogen-bond donors (Lipinski definition) is 0. The fourth-order valence-corrected chi connectivity index (χ4v) is 2.47. The predicted molar refractivity (Wildman–Crippen MR) is 38.1 cm³/mol. The second-order valence-corrected chi connectivity index (χ2v) is 4.05. The summed E-state index contributed by atoms with van der Waals surface area (Å²) in [5, 5.41) is 0. The third-order valence-corrected chi connectivity index (χ3v) is 3.49. The van der Waals surface area contributed by atoms with E-state index in [2.05, 4.69) is 28.1 Å². The number of halogens is 2. The highest BCUT2D eigenvalue weighted by Gasteiger charge is 2.63. The van der Waals surface area contributed by atoms with Crippen LogP contribution in [0.5, 0.6) is 0 Å². The van der Waals surface area contributed by atoms with Crippen LogP contribution in [-0.4, -0.2) is 4.58 Å². The van der Waals surface area contributed by atoms with Gasteiger partial charge in [0.1, 0.15) is 0 Å². The van der Waals surface area contributed by atoms with E-state index in [1.807, 2.05) is 0 Å². The van der Waals surface area contributed by atoms with E-state index >= 15 is 0 Å². The summed E-state index contributed by atoms with van der Waals surface area (Å²) in [6, 6.07) is 0. The molecule has 0 radical (unpaired) electrons. The van der Waals surface area contributed by atoms with E-state index in [4.69, 9.17) is 0 Å². The first-order chi connectivity index (χ1) is 4.23. The standard InChI is InChI=1S/C7H8BrF/c8-7(9)5-3-1-2-4-6(5)7/h1-2,5-6H,3-4H2. The third-order valence-electron chi connectivity index (χ3n) is 2.31. The second kappa shape index (κ2) is 1.60. The Balaban J connectivity index is 2.14. The van der Waals surface area contributed by atoms with Crippen molar-refractivity contribution >= 4 is 15.9 Å². The summed E-state index contributed by atoms with van der Waals surface area (Å²) in [6.45, 7) is 0. The second-order valence-electron chi connectivity index (χ2n) is 2.83. The van der Waals surface area contributed by atoms with Crippen molar-refractivity contribution in [1.29, 1.82) is 0 Å². The van der Waals surface area contributed by atoms with E-state index in [1.165, 1.54) is 0 Å². The minimum atomic E-state index is -1.00. The van der Waals surface area contributed by atoms with E-state index < -0.39 is 4.58 Å². The maximum atomic E-state index is 13.0. The van der Waals surface area contributed by atoms with Crippen molar-refractivity contribution in [3.63, 3.8) is 0 Å². The maximum Gasteiger partial charge on any atom is 0.172 e. The average Bonchev–Trinajstić information content (AvgIpc) is 2.39. The molecule has 2 rings (SSSR count). The van der Waals surface area contributed by atoms with Crippen LogP contribution >= 0.6 is 15.9 Å². The van der Waals surface area contributed by atoms with Gasteiger partial charge < -0.3 is 0 Å². The molecule has 0 nitrogen and oxygen atoms in total. The predicted octanol–water partition coefficient (Wildman–Crippen LogP) is 2.64. The molecule has 0 saturated heterocycles. The summed E-state index contributed by atoms with van der Waals surface area (Å²) in [5.74, 6) is 0.560. The van der Waals surface area contributed by atoms with E-state index in [9.17, 15) is 4.39 Å². The van der Waals surface area contributed by atoms with Crippen molar-refractivity contribution in [3.8, 4) is 0 Å². The van der Waals surface area contributed by atoms with Crippen molar-refractivity contribution in [3.05, 3.63) is 12.2 Å². The smallest absolute Gasteiger partial charge is 0.172 e. The first kappa shape index (κ1) is 5.90. The first-order valence-corrected chi connectivity index (χ1v) is 4.05. The minimum absolute atomic E-state index is 0.280. The molecule has 0 aromatic carbocycles. The Morgan fingerprint density at radius 3 is 2.11 bits per heavy atom. The average molecular weight is 191 g/mol. The molecule has 1 fully saturated rings. The number of rotatable bonds is 0. The van der Waals surface area contributed by atoms with Crippen molar-refractivity contribution in [2.24, 2.45) is 11.8 Å². The molecule has 0 spiro atoms. The monoisotopic (exact) mass is 190 g/mol. The zero-order valence-electron chi connectivity index (χ0n) is 4.98. The van der Waals surface area contributed by atoms with Crippen LogP contribution in [0, 0.1) is 11.8 Å². The van der Waals surface area contributed by atoms with E-state index in [0.29, 0.717) is 0 Å². The van der Waals surface area contributed by atoms with Crippen molar-refractivity contribution in [2.75, 3.05) is 0 Å². The van der Waals surface area contributed by atoms with E-state index in [1.54, 1.807) is 0 Å². The van der Waals surface area contributed by atoms with Gasteiger partial charge in [-0.3, -0.25) is 0 Å². The molecule has 2 heteroatoms. The molecule has 0 amide bonds. The van der Waals surface area contributed by atoms with Crippen molar-refractivity contribution in [2.45, 2.75) is 17.4 Å². The molecule has 2 aliphatic carbocycles. The van der Waals surface area contributed by atoms with E-state index in [0.717, 1.165) is 12.8 Å². The lowest BCUT2D eigenvalue weighted by atomic mass is 10.1. The molecule has 0 aliphatic heterocycles. The Hall–Kier alpha value is 0.150. The zero-order chi connectivity index (χ0) is 6.48. The van der Waals surface area contributed by atoms with Crippen LogP contribution in [-0.2, 0) is 0 Å². The minimum Gasteiger partial charge on any atom is -0.231 e. The van der Waals surface area contributed by atoms with Gasteiger partial charge in [-0.25, -0.2) is 4.39 Å². The Bertz CT molecular complexity index is 146. The van der Waals surface area contributed by atoms with Gasteiger partial charge in [-0.15, -0.1) is 0 Å². The Morgan fingerprint density at radius 2 is 1.78 bits per heavy atom. The van der Waals surface area contributed by atoms with Gasteiger partial charge in [0.25, 0.3) is 0 Å². The van der Waals surface area contributed by atoms with Crippen LogP contribution in [0.25, 0.3) is 0 Å². The van der Waals surface area contributed by atoms with Crippen LogP contribution in [0.3, 0.4) is 0 Å². The Kier molecular flexibility index (Phi) is 1.05. The molecule has 0 aromatic rings. The summed E-state index contributed by atoms with van der Waals surface area (Å²) in [6.07, 6.45) is 5.99. The maximum absolute atomic E-state index is 13.0. The van der Waals surface area contributed by atoms with Gasteiger partial charge in [0.2, 0.25) is 0 Å². The molecule has 2 aliphatic rings. The highest BCUT2D eigenvalue weighted by atomic mass is 79.9. The first-order valence-electron chi connectivity index (χ1n) is 3.25. The van der Waals surface area contributed by atoms with E-state index in [-0.39, 0.29) is 11.8 Å². The van der Waals surface area contributed by atoms with Crippen LogP contribution in [0.4, 0.5) is 4.39 Å². The molecular formula is C7H8BrF. The SMILES string of the molecule is FC1(Br)C2CC=CCC21. The highest BCUT2D eigenvalue weighted by Crippen LogP contribution is 2.63. The van der Waals surface area contributed by atoms with Crippen LogP contribution in [0.15, 0.2) is 12.2 Å². The fourth-order valence-electron chi connectivity index (χ4n) is 1.59. The molecule has 2 unspecified atom stereocenters. The third kappa shape index (κ3) is 0.689. The van der Waals surface area contributed by atoms with Gasteiger partial charge in [0.05, 0.1) is 0 Å². The van der Waals surface area contributed by atoms with Crippen LogP contribution in [0.2, 0.25) is 0 Å². The lowest BCUT2D eigenvalue weighted by molar-refractivity contribution is 0.400. The molecule has 2 atom stereocenters. The number of allylic oxidation sites excluding steroid dienone is 2. The molecule has 1 saturated carbocycles. The quantitative estimate of drug-likeness (QED) is 0.407. The highest BCUT2D eigenvalue weighted by molar-refractivity contribution is 9.10. The Labute approximate surface area is 62.3 Å². The van der Waals surface area contributed by atoms with Crippen LogP contribution < -0.4 is 0 Å². The van der Waals surface area contributed by atoms with Gasteiger partial charge in [-0.1, -0.05) is 12.2 Å². The number of alkyl halides is 2. The largest absolute Gasteiger partial charge is 0.231 e. The molecule has 9 heavy (non-hydrogen) atoms. The zero-order valence-corrected chi connectivity index (χ0v) is 6.57. The van der Waals surface area contributed by atoms with Crippen molar-refractivity contribution < 1.29 is 4.39 Å². The molecule has 0 bridgehead atoms. The summed E-state index contributed by atoms with van der Waals surface area (Å²) < 4.78 is 12.0. The summed E-state index contributed by atoms with van der Waals surface area (Å²) in [7, 11) is 0. The lowest BCUT2D eigenvalue weighted by Gasteiger charge is -1.94.